The van der Waals surface area contributed by atoms with E-state index in [4.69, 9.17) is 9.72 Å². The van der Waals surface area contributed by atoms with Gasteiger partial charge in [-0.25, -0.2) is 9.97 Å². The SMILES string of the molecule is COc1ccc(N2CC[C@@H](O)C2)c(Nc2nc(-c3ccc4cn[nH]c4c3)cn3ccnc23)c1. The third kappa shape index (κ3) is 3.52. The van der Waals surface area contributed by atoms with Gasteiger partial charge >= 0.3 is 0 Å². The number of H-pyrrole nitrogens is 1. The topological polar surface area (TPSA) is 104 Å². The van der Waals surface area contributed by atoms with Gasteiger partial charge in [0, 0.05) is 48.7 Å². The Kier molecular flexibility index (Phi) is 4.62. The Bertz CT molecular complexity index is 1460. The minimum Gasteiger partial charge on any atom is -0.497 e. The van der Waals surface area contributed by atoms with Gasteiger partial charge in [0.2, 0.25) is 0 Å². The number of nitrogens with one attached hydrogen (secondary N) is 2. The third-order valence-corrected chi connectivity index (χ3v) is 6.07. The van der Waals surface area contributed by atoms with E-state index in [-0.39, 0.29) is 6.10 Å². The molecule has 0 unspecified atom stereocenters. The van der Waals surface area contributed by atoms with Gasteiger partial charge < -0.3 is 24.5 Å². The van der Waals surface area contributed by atoms with Crippen molar-refractivity contribution in [3.8, 4) is 17.0 Å². The Morgan fingerprint density at radius 2 is 2.15 bits per heavy atom. The predicted molar refractivity (Wildman–Crippen MR) is 127 cm³/mol. The van der Waals surface area contributed by atoms with Crippen molar-refractivity contribution < 1.29 is 9.84 Å². The Morgan fingerprint density at radius 1 is 1.21 bits per heavy atom. The molecule has 9 nitrogen and oxygen atoms in total. The maximum Gasteiger partial charge on any atom is 0.180 e. The molecule has 1 fully saturated rings. The van der Waals surface area contributed by atoms with Crippen LogP contribution in [-0.2, 0) is 0 Å². The van der Waals surface area contributed by atoms with Crippen molar-refractivity contribution in [1.29, 1.82) is 0 Å². The molecule has 0 spiro atoms. The summed E-state index contributed by atoms with van der Waals surface area (Å²) >= 11 is 0. The molecule has 9 heteroatoms. The minimum atomic E-state index is -0.321. The number of ether oxygens (including phenoxy) is 1. The van der Waals surface area contributed by atoms with Gasteiger partial charge in [-0.05, 0) is 24.6 Å². The molecule has 0 bridgehead atoms. The fourth-order valence-electron chi connectivity index (χ4n) is 4.36. The van der Waals surface area contributed by atoms with Gasteiger partial charge in [0.15, 0.2) is 11.5 Å². The molecule has 1 saturated heterocycles. The van der Waals surface area contributed by atoms with Gasteiger partial charge in [0.1, 0.15) is 5.75 Å². The van der Waals surface area contributed by atoms with Crippen LogP contribution in [0.4, 0.5) is 17.2 Å². The van der Waals surface area contributed by atoms with Crippen molar-refractivity contribution in [2.45, 2.75) is 12.5 Å². The fraction of sp³-hybridized carbons (Fsp3) is 0.208. The molecule has 1 aliphatic heterocycles. The number of hydrogen-bond donors (Lipinski definition) is 3. The van der Waals surface area contributed by atoms with Crippen LogP contribution < -0.4 is 15.0 Å². The molecular weight excluding hydrogens is 418 g/mol. The first kappa shape index (κ1) is 19.6. The second-order valence-corrected chi connectivity index (χ2v) is 8.20. The van der Waals surface area contributed by atoms with E-state index >= 15 is 0 Å². The van der Waals surface area contributed by atoms with Crippen molar-refractivity contribution in [2.24, 2.45) is 0 Å². The summed E-state index contributed by atoms with van der Waals surface area (Å²) in [5.74, 6) is 1.37. The van der Waals surface area contributed by atoms with E-state index in [1.165, 1.54) is 0 Å². The highest BCUT2D eigenvalue weighted by atomic mass is 16.5. The van der Waals surface area contributed by atoms with Crippen molar-refractivity contribution in [3.05, 3.63) is 61.2 Å². The maximum atomic E-state index is 10.1. The zero-order valence-electron chi connectivity index (χ0n) is 18.1. The third-order valence-electron chi connectivity index (χ3n) is 6.07. The van der Waals surface area contributed by atoms with Crippen molar-refractivity contribution in [2.75, 3.05) is 30.4 Å². The first-order valence-electron chi connectivity index (χ1n) is 10.8. The maximum absolute atomic E-state index is 10.1. The lowest BCUT2D eigenvalue weighted by Crippen LogP contribution is -2.22. The van der Waals surface area contributed by atoms with Gasteiger partial charge in [-0.1, -0.05) is 12.1 Å². The summed E-state index contributed by atoms with van der Waals surface area (Å²) in [6, 6.07) is 12.0. The number of benzene rings is 2. The molecule has 1 aliphatic rings. The first-order valence-corrected chi connectivity index (χ1v) is 10.8. The van der Waals surface area contributed by atoms with Gasteiger partial charge in [-0.3, -0.25) is 5.10 Å². The van der Waals surface area contributed by atoms with Crippen molar-refractivity contribution in [1.82, 2.24) is 24.6 Å². The fourth-order valence-corrected chi connectivity index (χ4v) is 4.36. The van der Waals surface area contributed by atoms with Crippen LogP contribution in [0.1, 0.15) is 6.42 Å². The van der Waals surface area contributed by atoms with Crippen LogP contribution in [0.2, 0.25) is 0 Å². The summed E-state index contributed by atoms with van der Waals surface area (Å²) < 4.78 is 7.43. The number of rotatable bonds is 5. The highest BCUT2D eigenvalue weighted by Gasteiger charge is 2.23. The van der Waals surface area contributed by atoms with Crippen molar-refractivity contribution >= 4 is 33.7 Å². The molecule has 33 heavy (non-hydrogen) atoms. The van der Waals surface area contributed by atoms with E-state index in [0.29, 0.717) is 12.4 Å². The zero-order chi connectivity index (χ0) is 22.4. The van der Waals surface area contributed by atoms with Crippen LogP contribution in [0.15, 0.2) is 61.2 Å². The molecule has 0 saturated carbocycles. The van der Waals surface area contributed by atoms with Gasteiger partial charge in [-0.2, -0.15) is 5.10 Å². The monoisotopic (exact) mass is 441 g/mol. The Morgan fingerprint density at radius 3 is 3.00 bits per heavy atom. The lowest BCUT2D eigenvalue weighted by molar-refractivity contribution is 0.198. The molecular formula is C24H23N7O2. The average molecular weight is 441 g/mol. The normalized spacial score (nSPS) is 16.1. The number of fused-ring (bicyclic) bond motifs is 2. The highest BCUT2D eigenvalue weighted by molar-refractivity contribution is 5.85. The summed E-state index contributed by atoms with van der Waals surface area (Å²) in [6.45, 7) is 1.39. The number of aromatic nitrogens is 5. The second-order valence-electron chi connectivity index (χ2n) is 8.20. The lowest BCUT2D eigenvalue weighted by atomic mass is 10.1. The van der Waals surface area contributed by atoms with Crippen LogP contribution in [0, 0.1) is 0 Å². The molecule has 0 amide bonds. The minimum absolute atomic E-state index is 0.321. The molecule has 0 radical (unpaired) electrons. The average Bonchev–Trinajstić information content (AvgIpc) is 3.59. The molecule has 2 aromatic carbocycles. The molecule has 4 heterocycles. The summed E-state index contributed by atoms with van der Waals surface area (Å²) in [5.41, 5.74) is 5.29. The van der Waals surface area contributed by atoms with E-state index in [0.717, 1.165) is 57.9 Å². The van der Waals surface area contributed by atoms with E-state index in [2.05, 4.69) is 25.4 Å². The number of aliphatic hydroxyl groups excluding tert-OH is 1. The highest BCUT2D eigenvalue weighted by Crippen LogP contribution is 2.35. The lowest BCUT2D eigenvalue weighted by Gasteiger charge is -2.23. The Hall–Kier alpha value is -4.11. The molecule has 3 aromatic heterocycles. The van der Waals surface area contributed by atoms with Crippen LogP contribution in [0.25, 0.3) is 27.8 Å². The van der Waals surface area contributed by atoms with E-state index < -0.39 is 0 Å². The van der Waals surface area contributed by atoms with Crippen LogP contribution in [0.5, 0.6) is 5.75 Å². The molecule has 0 aliphatic carbocycles. The Balaban J connectivity index is 1.45. The zero-order valence-corrected chi connectivity index (χ0v) is 18.1. The molecule has 6 rings (SSSR count). The number of aromatic amines is 1. The standard InChI is InChI=1S/C24H23N7O2/c1-33-18-4-5-22(30-8-6-17(32)13-30)20(11-18)27-23-24-25-7-9-31(24)14-21(28-23)15-2-3-16-12-26-29-19(16)10-15/h2-5,7,9-12,14,17,32H,6,8,13H2,1H3,(H,26,29)(H,27,28)/t17-/m1/s1. The largest absolute Gasteiger partial charge is 0.497 e. The van der Waals surface area contributed by atoms with Crippen molar-refractivity contribution in [3.63, 3.8) is 0 Å². The number of anilines is 3. The predicted octanol–water partition coefficient (Wildman–Crippen LogP) is 3.60. The second kappa shape index (κ2) is 7.79. The number of aliphatic hydroxyl groups is 1. The summed E-state index contributed by atoms with van der Waals surface area (Å²) in [5, 5.41) is 21.7. The smallest absolute Gasteiger partial charge is 0.180 e. The number of hydrogen-bond acceptors (Lipinski definition) is 7. The van der Waals surface area contributed by atoms with E-state index in [1.807, 2.05) is 53.2 Å². The van der Waals surface area contributed by atoms with E-state index in [1.54, 1.807) is 19.5 Å². The summed E-state index contributed by atoms with van der Waals surface area (Å²) in [6.07, 6.45) is 7.86. The van der Waals surface area contributed by atoms with Gasteiger partial charge in [0.05, 0.1) is 42.0 Å². The van der Waals surface area contributed by atoms with Crippen LogP contribution in [0.3, 0.4) is 0 Å². The quantitative estimate of drug-likeness (QED) is 0.383. The molecule has 1 atom stereocenters. The van der Waals surface area contributed by atoms with Crippen LogP contribution in [-0.4, -0.2) is 56.0 Å². The van der Waals surface area contributed by atoms with E-state index in [9.17, 15) is 5.11 Å². The number of methoxy groups -OCH3 is 1. The Labute approximate surface area is 189 Å². The summed E-state index contributed by atoms with van der Waals surface area (Å²) in [7, 11) is 1.65. The molecule has 166 valence electrons. The number of imidazole rings is 1. The van der Waals surface area contributed by atoms with Crippen LogP contribution >= 0.6 is 0 Å². The number of β-amino-alcohol motifs (C(OH)–C–C–N with tert-alkyl or cyclic N) is 1. The van der Waals surface area contributed by atoms with Gasteiger partial charge in [-0.15, -0.1) is 0 Å². The first-order chi connectivity index (χ1) is 16.2. The molecule has 3 N–H and O–H groups in total. The summed E-state index contributed by atoms with van der Waals surface area (Å²) in [4.78, 5) is 11.6. The number of nitrogens with zero attached hydrogens (tertiary/aromatic N) is 5. The molecule has 5 aromatic rings. The van der Waals surface area contributed by atoms with Gasteiger partial charge in [0.25, 0.3) is 0 Å².